The number of rotatable bonds is 9. The van der Waals surface area contributed by atoms with Crippen LogP contribution in [0.1, 0.15) is 15.9 Å². The fourth-order valence-corrected chi connectivity index (χ4v) is 3.87. The minimum atomic E-state index is -0.776. The molecule has 2 aromatic carbocycles. The molecule has 0 bridgehead atoms. The van der Waals surface area contributed by atoms with Crippen molar-refractivity contribution in [1.29, 1.82) is 0 Å². The van der Waals surface area contributed by atoms with E-state index in [-0.39, 0.29) is 24.6 Å². The predicted molar refractivity (Wildman–Crippen MR) is 126 cm³/mol. The number of aliphatic hydroxyl groups excluding tert-OH is 1. The van der Waals surface area contributed by atoms with Gasteiger partial charge in [0.1, 0.15) is 5.82 Å². The van der Waals surface area contributed by atoms with E-state index in [1.807, 2.05) is 11.0 Å². The maximum Gasteiger partial charge on any atom is 0.254 e. The summed E-state index contributed by atoms with van der Waals surface area (Å²) in [5.74, 6) is -1.23. The fourth-order valence-electron chi connectivity index (χ4n) is 3.55. The van der Waals surface area contributed by atoms with E-state index in [4.69, 9.17) is 23.2 Å². The number of benzene rings is 2. The van der Waals surface area contributed by atoms with Crippen LogP contribution in [0.25, 0.3) is 0 Å². The second-order valence-corrected chi connectivity index (χ2v) is 8.76. The Bertz CT molecular complexity index is 970. The average Bonchev–Trinajstić information content (AvgIpc) is 2.80. The van der Waals surface area contributed by atoms with Gasteiger partial charge < -0.3 is 15.7 Å². The highest BCUT2D eigenvalue weighted by Crippen LogP contribution is 2.22. The molecule has 1 unspecified atom stereocenters. The van der Waals surface area contributed by atoms with Gasteiger partial charge in [-0.05, 0) is 29.8 Å². The van der Waals surface area contributed by atoms with E-state index in [9.17, 15) is 19.1 Å². The molecule has 3 N–H and O–H groups in total. The number of hydrogen-bond acceptors (Lipinski definition) is 5. The van der Waals surface area contributed by atoms with Crippen molar-refractivity contribution >= 4 is 35.0 Å². The van der Waals surface area contributed by atoms with Crippen LogP contribution >= 0.6 is 23.2 Å². The molecule has 1 aliphatic rings. The molecular weight excluding hydrogens is 470 g/mol. The van der Waals surface area contributed by atoms with Crippen LogP contribution in [0.3, 0.4) is 0 Å². The number of nitrogens with one attached hydrogen (secondary N) is 2. The Labute approximate surface area is 202 Å². The molecule has 1 heterocycles. The number of β-amino-alcohol motifs (C(OH)–C–C–N with tert-alkyl or cyclic N) is 1. The number of nitrogens with zero attached hydrogens (tertiary/aromatic N) is 2. The van der Waals surface area contributed by atoms with Gasteiger partial charge in [0.2, 0.25) is 5.91 Å². The Hall–Kier alpha value is -2.23. The lowest BCUT2D eigenvalue weighted by Crippen LogP contribution is -2.51. The van der Waals surface area contributed by atoms with Crippen LogP contribution in [0.2, 0.25) is 10.0 Å². The molecule has 1 saturated heterocycles. The van der Waals surface area contributed by atoms with Crippen LogP contribution in [0.15, 0.2) is 42.5 Å². The minimum Gasteiger partial charge on any atom is -0.390 e. The molecule has 2 aromatic rings. The zero-order valence-corrected chi connectivity index (χ0v) is 19.6. The highest BCUT2D eigenvalue weighted by Gasteiger charge is 2.21. The van der Waals surface area contributed by atoms with Crippen molar-refractivity contribution in [3.8, 4) is 0 Å². The van der Waals surface area contributed by atoms with Crippen molar-refractivity contribution in [3.05, 3.63) is 69.5 Å². The zero-order valence-electron chi connectivity index (χ0n) is 18.1. The van der Waals surface area contributed by atoms with Crippen molar-refractivity contribution in [2.24, 2.45) is 0 Å². The number of hydrogen-bond donors (Lipinski definition) is 3. The van der Waals surface area contributed by atoms with E-state index >= 15 is 0 Å². The largest absolute Gasteiger partial charge is 0.390 e. The lowest BCUT2D eigenvalue weighted by atomic mass is 10.2. The van der Waals surface area contributed by atoms with Gasteiger partial charge in [-0.2, -0.15) is 0 Å². The predicted octanol–water partition coefficient (Wildman–Crippen LogP) is 2.16. The van der Waals surface area contributed by atoms with Gasteiger partial charge in [0.15, 0.2) is 0 Å². The Morgan fingerprint density at radius 3 is 2.39 bits per heavy atom. The van der Waals surface area contributed by atoms with Crippen molar-refractivity contribution in [2.75, 3.05) is 45.8 Å². The molecule has 178 valence electrons. The molecule has 0 aliphatic carbocycles. The van der Waals surface area contributed by atoms with Gasteiger partial charge in [0, 0.05) is 45.8 Å². The lowest BCUT2D eigenvalue weighted by Gasteiger charge is -2.35. The van der Waals surface area contributed by atoms with E-state index in [0.717, 1.165) is 5.56 Å². The number of piperazine rings is 1. The topological polar surface area (TPSA) is 84.9 Å². The van der Waals surface area contributed by atoms with Crippen molar-refractivity contribution in [3.63, 3.8) is 0 Å². The first-order valence-corrected chi connectivity index (χ1v) is 11.4. The van der Waals surface area contributed by atoms with Gasteiger partial charge in [0.25, 0.3) is 5.91 Å². The van der Waals surface area contributed by atoms with Gasteiger partial charge in [-0.15, -0.1) is 0 Å². The fraction of sp³-hybridized carbons (Fsp3) is 0.391. The Morgan fingerprint density at radius 2 is 1.70 bits per heavy atom. The molecule has 1 aliphatic heterocycles. The maximum absolute atomic E-state index is 13.7. The van der Waals surface area contributed by atoms with E-state index < -0.39 is 17.8 Å². The monoisotopic (exact) mass is 496 g/mol. The van der Waals surface area contributed by atoms with Gasteiger partial charge >= 0.3 is 0 Å². The van der Waals surface area contributed by atoms with Crippen LogP contribution in [-0.4, -0.2) is 78.6 Å². The molecule has 1 atom stereocenters. The molecule has 1 fully saturated rings. The van der Waals surface area contributed by atoms with E-state index in [1.54, 1.807) is 18.2 Å². The number of carbonyl (C=O) groups is 2. The summed E-state index contributed by atoms with van der Waals surface area (Å²) < 4.78 is 13.7. The normalized spacial score (nSPS) is 15.8. The first-order chi connectivity index (χ1) is 15.8. The van der Waals surface area contributed by atoms with Crippen LogP contribution in [0.4, 0.5) is 4.39 Å². The maximum atomic E-state index is 13.7. The summed E-state index contributed by atoms with van der Waals surface area (Å²) in [5, 5.41) is 16.6. The number of aliphatic hydroxyl groups is 1. The minimum absolute atomic E-state index is 0.0322. The van der Waals surface area contributed by atoms with Gasteiger partial charge in [-0.25, -0.2) is 4.39 Å². The van der Waals surface area contributed by atoms with Crippen molar-refractivity contribution in [1.82, 2.24) is 20.4 Å². The third-order valence-electron chi connectivity index (χ3n) is 5.39. The number of amides is 2. The summed E-state index contributed by atoms with van der Waals surface area (Å²) in [6, 6.07) is 11.0. The third-order valence-corrected chi connectivity index (χ3v) is 6.13. The smallest absolute Gasteiger partial charge is 0.254 e. The average molecular weight is 497 g/mol. The first-order valence-electron chi connectivity index (χ1n) is 10.7. The van der Waals surface area contributed by atoms with Crippen LogP contribution < -0.4 is 10.6 Å². The highest BCUT2D eigenvalue weighted by molar-refractivity contribution is 6.42. The summed E-state index contributed by atoms with van der Waals surface area (Å²) in [7, 11) is 0. The number of halogens is 3. The summed E-state index contributed by atoms with van der Waals surface area (Å²) in [5.41, 5.74) is 0.828. The van der Waals surface area contributed by atoms with Gasteiger partial charge in [-0.3, -0.25) is 19.4 Å². The summed E-state index contributed by atoms with van der Waals surface area (Å²) in [6.45, 7) is 3.84. The molecule has 0 saturated carbocycles. The third kappa shape index (κ3) is 7.94. The van der Waals surface area contributed by atoms with Gasteiger partial charge in [-0.1, -0.05) is 41.4 Å². The van der Waals surface area contributed by atoms with E-state index in [0.29, 0.717) is 49.3 Å². The Kier molecular flexibility index (Phi) is 9.46. The Balaban J connectivity index is 1.33. The molecule has 33 heavy (non-hydrogen) atoms. The quantitative estimate of drug-likeness (QED) is 0.495. The lowest BCUT2D eigenvalue weighted by molar-refractivity contribution is -0.122. The zero-order chi connectivity index (χ0) is 23.8. The van der Waals surface area contributed by atoms with Crippen LogP contribution in [-0.2, 0) is 11.3 Å². The molecular formula is C23H27Cl2FN4O3. The first kappa shape index (κ1) is 25.4. The summed E-state index contributed by atoms with van der Waals surface area (Å²) in [6.07, 6.45) is -0.776. The highest BCUT2D eigenvalue weighted by atomic mass is 35.5. The SMILES string of the molecule is O=C(CN1CCN(CC(O)CNC(=O)c2ccccc2F)CC1)NCc1ccc(Cl)c(Cl)c1. The summed E-state index contributed by atoms with van der Waals surface area (Å²) >= 11 is 11.9. The Morgan fingerprint density at radius 1 is 1.00 bits per heavy atom. The molecule has 10 heteroatoms. The standard InChI is InChI=1S/C23H27Cl2FN4O3/c24-19-6-5-16(11-20(19)25)12-27-22(32)15-30-9-7-29(8-10-30)14-17(31)13-28-23(33)18-3-1-2-4-21(18)26/h1-6,11,17,31H,7-10,12-15H2,(H,27,32)(H,28,33). The number of carbonyl (C=O) groups excluding carboxylic acids is 2. The molecule has 0 aromatic heterocycles. The van der Waals surface area contributed by atoms with Gasteiger partial charge in [0.05, 0.1) is 28.3 Å². The summed E-state index contributed by atoms with van der Waals surface area (Å²) in [4.78, 5) is 28.4. The van der Waals surface area contributed by atoms with Crippen molar-refractivity contribution in [2.45, 2.75) is 12.6 Å². The van der Waals surface area contributed by atoms with E-state index in [2.05, 4.69) is 15.5 Å². The molecule has 7 nitrogen and oxygen atoms in total. The molecule has 0 spiro atoms. The van der Waals surface area contributed by atoms with E-state index in [1.165, 1.54) is 18.2 Å². The molecule has 3 rings (SSSR count). The van der Waals surface area contributed by atoms with Crippen molar-refractivity contribution < 1.29 is 19.1 Å². The second kappa shape index (κ2) is 12.3. The van der Waals surface area contributed by atoms with Crippen LogP contribution in [0, 0.1) is 5.82 Å². The second-order valence-electron chi connectivity index (χ2n) is 7.95. The molecule has 2 amide bonds. The van der Waals surface area contributed by atoms with Crippen LogP contribution in [0.5, 0.6) is 0 Å². The molecule has 0 radical (unpaired) electrons.